The maximum Gasteiger partial charge on any atom is 0.0566 e. The van der Waals surface area contributed by atoms with Crippen LogP contribution in [0.5, 0.6) is 0 Å². The van der Waals surface area contributed by atoms with E-state index in [-0.39, 0.29) is 27.7 Å². The van der Waals surface area contributed by atoms with Gasteiger partial charge >= 0.3 is 0 Å². The van der Waals surface area contributed by atoms with E-state index in [4.69, 9.17) is 0 Å². The minimum atomic E-state index is 0.0157. The van der Waals surface area contributed by atoms with Gasteiger partial charge in [-0.15, -0.1) is 0 Å². The van der Waals surface area contributed by atoms with E-state index in [1.807, 2.05) is 0 Å². The number of hydrogen-bond donors (Lipinski definition) is 0. The SMILES string of the molecule is CC(C)(C)c1ccc(N(c2ccc(C(C)(C)C)cc2)c2ccc3c(-c4cccc5ccccc45)c4c(c(-c5cccc6ccccc56)c3c2)=CCC(N(c2ccc(C(C)(C)C)cc2)c2ccc(C(C)(C)C)cc2)C=4)cc1. The molecular weight excluding hydrogens is 917 g/mol. The summed E-state index contributed by atoms with van der Waals surface area (Å²) in [6, 6.07) is 76.1. The molecule has 1 unspecified atom stereocenters. The highest BCUT2D eigenvalue weighted by Crippen LogP contribution is 2.44. The van der Waals surface area contributed by atoms with Crippen molar-refractivity contribution in [1.82, 2.24) is 0 Å². The Kier molecular flexibility index (Phi) is 12.7. The Bertz CT molecular complexity index is 3780. The molecule has 0 heterocycles. The fourth-order valence-electron chi connectivity index (χ4n) is 11.6. The Hall–Kier alpha value is -7.68. The molecule has 76 heavy (non-hydrogen) atoms. The maximum absolute atomic E-state index is 2.61. The Morgan fingerprint density at radius 3 is 1.12 bits per heavy atom. The molecule has 1 aliphatic carbocycles. The molecular formula is C74H74N2. The van der Waals surface area contributed by atoms with Gasteiger partial charge < -0.3 is 9.80 Å². The summed E-state index contributed by atoms with van der Waals surface area (Å²) in [6.07, 6.45) is 6.01. The van der Waals surface area contributed by atoms with Crippen LogP contribution in [0.1, 0.15) is 112 Å². The molecule has 0 saturated heterocycles. The molecule has 10 aromatic rings. The van der Waals surface area contributed by atoms with Crippen LogP contribution in [-0.4, -0.2) is 6.04 Å². The van der Waals surface area contributed by atoms with E-state index >= 15 is 0 Å². The van der Waals surface area contributed by atoms with Gasteiger partial charge in [-0.2, -0.15) is 0 Å². The van der Waals surface area contributed by atoms with Crippen molar-refractivity contribution < 1.29 is 0 Å². The number of rotatable bonds is 8. The summed E-state index contributed by atoms with van der Waals surface area (Å²) >= 11 is 0. The van der Waals surface area contributed by atoms with Gasteiger partial charge in [0.1, 0.15) is 0 Å². The van der Waals surface area contributed by atoms with Crippen LogP contribution in [0.25, 0.3) is 66.7 Å². The topological polar surface area (TPSA) is 6.48 Å². The van der Waals surface area contributed by atoms with E-state index in [1.54, 1.807) is 0 Å². The van der Waals surface area contributed by atoms with Crippen LogP contribution in [0.3, 0.4) is 0 Å². The normalized spacial score (nSPS) is 14.1. The van der Waals surface area contributed by atoms with Crippen LogP contribution in [0.4, 0.5) is 28.4 Å². The van der Waals surface area contributed by atoms with Crippen LogP contribution in [0.2, 0.25) is 0 Å². The minimum absolute atomic E-state index is 0.0157. The fraction of sp³-hybridized carbons (Fsp3) is 0.243. The molecule has 0 amide bonds. The third-order valence-electron chi connectivity index (χ3n) is 16.0. The summed E-state index contributed by atoms with van der Waals surface area (Å²) in [6.45, 7) is 27.5. The van der Waals surface area contributed by atoms with E-state index in [0.717, 1.165) is 23.5 Å². The second-order valence-corrected chi connectivity index (χ2v) is 25.4. The summed E-state index contributed by atoms with van der Waals surface area (Å²) in [5.74, 6) is 0. The molecule has 0 saturated carbocycles. The standard InChI is InChI=1S/C74H74N2/c1-71(2,3)51-27-35-55(36-28-51)75(56-37-29-52(30-38-56)72(4,5)6)59-43-45-65-67(47-59)69(63-25-17-21-49-19-13-15-23-61(49)63)66-46-44-60(48-68(66)70(65)64-26-18-22-50-20-14-16-24-62(50)64)76(57-39-31-53(32-40-57)73(7,8)9)58-41-33-54(34-42-58)74(10,11)12/h13-43,45-48,60H,44H2,1-12H3. The number of nitrogens with zero attached hydrogens (tertiary/aromatic N) is 2. The molecule has 2 heteroatoms. The van der Waals surface area contributed by atoms with E-state index in [2.05, 4.69) is 305 Å². The lowest BCUT2D eigenvalue weighted by Crippen LogP contribution is -2.40. The van der Waals surface area contributed by atoms with Crippen molar-refractivity contribution in [2.75, 3.05) is 9.80 Å². The summed E-state index contributed by atoms with van der Waals surface area (Å²) in [7, 11) is 0. The monoisotopic (exact) mass is 991 g/mol. The van der Waals surface area contributed by atoms with Crippen LogP contribution >= 0.6 is 0 Å². The number of benzene rings is 10. The molecule has 11 rings (SSSR count). The van der Waals surface area contributed by atoms with Gasteiger partial charge in [-0.25, -0.2) is 0 Å². The zero-order valence-electron chi connectivity index (χ0n) is 46.9. The average molecular weight is 991 g/mol. The highest BCUT2D eigenvalue weighted by atomic mass is 15.2. The van der Waals surface area contributed by atoms with Crippen molar-refractivity contribution in [2.45, 2.75) is 117 Å². The van der Waals surface area contributed by atoms with Gasteiger partial charge in [0.2, 0.25) is 0 Å². The Morgan fingerprint density at radius 2 is 0.697 bits per heavy atom. The van der Waals surface area contributed by atoms with Gasteiger partial charge in [0, 0.05) is 28.4 Å². The smallest absolute Gasteiger partial charge is 0.0566 e. The van der Waals surface area contributed by atoms with Crippen LogP contribution in [-0.2, 0) is 21.7 Å². The summed E-state index contributed by atoms with van der Waals surface area (Å²) < 4.78 is 0. The van der Waals surface area contributed by atoms with Gasteiger partial charge in [-0.05, 0) is 176 Å². The van der Waals surface area contributed by atoms with Crippen LogP contribution in [0, 0.1) is 0 Å². The molecule has 0 N–H and O–H groups in total. The van der Waals surface area contributed by atoms with Crippen molar-refractivity contribution in [3.8, 4) is 22.3 Å². The molecule has 1 aliphatic rings. The first-order valence-electron chi connectivity index (χ1n) is 27.5. The molecule has 1 atom stereocenters. The summed E-state index contributed by atoms with van der Waals surface area (Å²) in [4.78, 5) is 5.05. The van der Waals surface area contributed by atoms with Gasteiger partial charge in [0.15, 0.2) is 0 Å². The van der Waals surface area contributed by atoms with Gasteiger partial charge in [0.25, 0.3) is 0 Å². The quantitative estimate of drug-likeness (QED) is 0.150. The minimum Gasteiger partial charge on any atom is -0.334 e. The van der Waals surface area contributed by atoms with Gasteiger partial charge in [-0.3, -0.25) is 0 Å². The number of anilines is 5. The predicted molar refractivity (Wildman–Crippen MR) is 331 cm³/mol. The summed E-state index contributed by atoms with van der Waals surface area (Å²) in [5, 5.41) is 9.97. The zero-order valence-corrected chi connectivity index (χ0v) is 46.9. The highest BCUT2D eigenvalue weighted by Gasteiger charge is 2.28. The lowest BCUT2D eigenvalue weighted by molar-refractivity contribution is 0.589. The molecule has 2 nitrogen and oxygen atoms in total. The van der Waals surface area contributed by atoms with Crippen molar-refractivity contribution in [2.24, 2.45) is 0 Å². The molecule has 380 valence electrons. The Morgan fingerprint density at radius 1 is 0.329 bits per heavy atom. The van der Waals surface area contributed by atoms with E-state index in [0.29, 0.717) is 0 Å². The molecule has 0 radical (unpaired) electrons. The molecule has 10 aromatic carbocycles. The molecule has 0 aliphatic heterocycles. The Labute approximate surface area is 452 Å². The third kappa shape index (κ3) is 9.53. The summed E-state index contributed by atoms with van der Waals surface area (Å²) in [5.41, 5.74) is 16.2. The van der Waals surface area contributed by atoms with Gasteiger partial charge in [0.05, 0.1) is 6.04 Å². The zero-order chi connectivity index (χ0) is 53.3. The van der Waals surface area contributed by atoms with E-state index in [9.17, 15) is 0 Å². The molecule has 0 aromatic heterocycles. The predicted octanol–water partition coefficient (Wildman–Crippen LogP) is 19.3. The maximum atomic E-state index is 2.61. The van der Waals surface area contributed by atoms with Crippen molar-refractivity contribution in [3.05, 3.63) is 233 Å². The highest BCUT2D eigenvalue weighted by molar-refractivity contribution is 6.14. The first-order valence-corrected chi connectivity index (χ1v) is 27.5. The largest absolute Gasteiger partial charge is 0.334 e. The van der Waals surface area contributed by atoms with Crippen LogP contribution < -0.4 is 20.2 Å². The van der Waals surface area contributed by atoms with Crippen molar-refractivity contribution in [1.29, 1.82) is 0 Å². The van der Waals surface area contributed by atoms with Crippen molar-refractivity contribution >= 4 is 72.9 Å². The fourth-order valence-corrected chi connectivity index (χ4v) is 11.6. The van der Waals surface area contributed by atoms with E-state index in [1.165, 1.54) is 98.6 Å². The number of hydrogen-bond acceptors (Lipinski definition) is 2. The number of fused-ring (bicyclic) bond motifs is 4. The second-order valence-electron chi connectivity index (χ2n) is 25.4. The van der Waals surface area contributed by atoms with E-state index < -0.39 is 0 Å². The van der Waals surface area contributed by atoms with Crippen molar-refractivity contribution in [3.63, 3.8) is 0 Å². The van der Waals surface area contributed by atoms with Crippen LogP contribution in [0.15, 0.2) is 200 Å². The lowest BCUT2D eigenvalue weighted by Gasteiger charge is -2.34. The average Bonchev–Trinajstić information content (AvgIpc) is 3.42. The molecule has 0 bridgehead atoms. The lowest BCUT2D eigenvalue weighted by atomic mass is 9.83. The molecule has 0 fully saturated rings. The molecule has 0 spiro atoms. The first kappa shape index (κ1) is 50.5. The Balaban J connectivity index is 1.24. The third-order valence-corrected chi connectivity index (χ3v) is 16.0. The first-order chi connectivity index (χ1) is 36.2. The van der Waals surface area contributed by atoms with Gasteiger partial charge in [-0.1, -0.05) is 235 Å². The second kappa shape index (κ2) is 19.2.